The first-order valence-corrected chi connectivity index (χ1v) is 7.53. The molecule has 4 bridgehead atoms. The fraction of sp³-hybridized carbons (Fsp3) is 0.812. The van der Waals surface area contributed by atoms with Crippen LogP contribution in [0.2, 0.25) is 0 Å². The van der Waals surface area contributed by atoms with Crippen molar-refractivity contribution in [1.29, 1.82) is 0 Å². The Balaban J connectivity index is 1.87. The van der Waals surface area contributed by atoms with Gasteiger partial charge in [0.15, 0.2) is 0 Å². The number of carbonyl (C=O) groups is 1. The third kappa shape index (κ3) is 1.64. The summed E-state index contributed by atoms with van der Waals surface area (Å²) in [7, 11) is 0. The quantitative estimate of drug-likeness (QED) is 0.762. The van der Waals surface area contributed by atoms with Crippen molar-refractivity contribution in [2.24, 2.45) is 23.7 Å². The summed E-state index contributed by atoms with van der Waals surface area (Å²) in [5.41, 5.74) is 0.736. The smallest absolute Gasteiger partial charge is 0.246 e. The molecule has 0 radical (unpaired) electrons. The van der Waals surface area contributed by atoms with Gasteiger partial charge in [-0.05, 0) is 69.1 Å². The van der Waals surface area contributed by atoms with E-state index in [1.54, 1.807) is 0 Å². The van der Waals surface area contributed by atoms with E-state index in [4.69, 9.17) is 0 Å². The number of amides is 1. The maximum absolute atomic E-state index is 12.1. The van der Waals surface area contributed by atoms with E-state index in [-0.39, 0.29) is 11.4 Å². The van der Waals surface area contributed by atoms with Crippen LogP contribution in [0.15, 0.2) is 12.2 Å². The average molecular weight is 247 g/mol. The molecule has 4 fully saturated rings. The second-order valence-electron chi connectivity index (χ2n) is 6.93. The van der Waals surface area contributed by atoms with E-state index in [0.717, 1.165) is 30.1 Å². The van der Waals surface area contributed by atoms with Gasteiger partial charge in [-0.2, -0.15) is 0 Å². The molecule has 4 rings (SSSR count). The second-order valence-corrected chi connectivity index (χ2v) is 6.93. The van der Waals surface area contributed by atoms with Crippen LogP contribution in [0.1, 0.15) is 52.4 Å². The molecule has 0 heterocycles. The Labute approximate surface area is 110 Å². The molecule has 0 aliphatic heterocycles. The predicted molar refractivity (Wildman–Crippen MR) is 73.0 cm³/mol. The SMILES string of the molecule is C=C(C)C(=O)NC1(CC)C2CC3CC(C2)CC1C3. The molecule has 0 saturated heterocycles. The first kappa shape index (κ1) is 12.3. The molecule has 0 aromatic heterocycles. The van der Waals surface area contributed by atoms with Crippen LogP contribution in [0.25, 0.3) is 0 Å². The molecule has 4 saturated carbocycles. The summed E-state index contributed by atoms with van der Waals surface area (Å²) in [6, 6.07) is 0. The lowest BCUT2D eigenvalue weighted by molar-refractivity contribution is -0.128. The maximum atomic E-state index is 12.1. The van der Waals surface area contributed by atoms with E-state index >= 15 is 0 Å². The van der Waals surface area contributed by atoms with E-state index < -0.39 is 0 Å². The fourth-order valence-corrected chi connectivity index (χ4v) is 5.21. The molecule has 0 spiro atoms. The Morgan fingerprint density at radius 2 is 1.67 bits per heavy atom. The normalized spacial score (nSPS) is 45.0. The molecule has 2 heteroatoms. The van der Waals surface area contributed by atoms with Gasteiger partial charge in [0.05, 0.1) is 0 Å². The molecule has 0 aromatic carbocycles. The summed E-state index contributed by atoms with van der Waals surface area (Å²) in [4.78, 5) is 12.1. The van der Waals surface area contributed by atoms with E-state index in [0.29, 0.717) is 5.57 Å². The van der Waals surface area contributed by atoms with Crippen LogP contribution in [-0.4, -0.2) is 11.4 Å². The van der Waals surface area contributed by atoms with E-state index in [9.17, 15) is 4.79 Å². The van der Waals surface area contributed by atoms with E-state index in [1.165, 1.54) is 32.1 Å². The van der Waals surface area contributed by atoms with Crippen LogP contribution in [-0.2, 0) is 4.79 Å². The minimum absolute atomic E-state index is 0.0734. The molecule has 100 valence electrons. The second kappa shape index (κ2) is 4.11. The molecule has 0 atom stereocenters. The summed E-state index contributed by atoms with van der Waals surface area (Å²) in [6.45, 7) is 7.86. The largest absolute Gasteiger partial charge is 0.346 e. The van der Waals surface area contributed by atoms with Gasteiger partial charge in [0, 0.05) is 11.1 Å². The highest BCUT2D eigenvalue weighted by atomic mass is 16.1. The zero-order valence-electron chi connectivity index (χ0n) is 11.7. The molecule has 4 aliphatic rings. The number of rotatable bonds is 3. The minimum Gasteiger partial charge on any atom is -0.346 e. The van der Waals surface area contributed by atoms with Crippen molar-refractivity contribution in [2.45, 2.75) is 57.9 Å². The number of nitrogens with one attached hydrogen (secondary N) is 1. The van der Waals surface area contributed by atoms with Crippen LogP contribution in [0.3, 0.4) is 0 Å². The Hall–Kier alpha value is -0.790. The van der Waals surface area contributed by atoms with Crippen molar-refractivity contribution in [2.75, 3.05) is 0 Å². The van der Waals surface area contributed by atoms with Crippen LogP contribution in [0.5, 0.6) is 0 Å². The van der Waals surface area contributed by atoms with Gasteiger partial charge in [-0.25, -0.2) is 0 Å². The van der Waals surface area contributed by atoms with Crippen molar-refractivity contribution in [3.8, 4) is 0 Å². The van der Waals surface area contributed by atoms with E-state index in [1.807, 2.05) is 6.92 Å². The van der Waals surface area contributed by atoms with Gasteiger partial charge in [-0.1, -0.05) is 13.5 Å². The highest BCUT2D eigenvalue weighted by Crippen LogP contribution is 2.59. The third-order valence-electron chi connectivity index (χ3n) is 5.91. The van der Waals surface area contributed by atoms with Crippen LogP contribution >= 0.6 is 0 Å². The van der Waals surface area contributed by atoms with Gasteiger partial charge in [0.1, 0.15) is 0 Å². The van der Waals surface area contributed by atoms with Crippen molar-refractivity contribution in [3.63, 3.8) is 0 Å². The molecule has 0 aromatic rings. The number of hydrogen-bond donors (Lipinski definition) is 1. The Bertz CT molecular complexity index is 357. The first-order chi connectivity index (χ1) is 8.55. The van der Waals surface area contributed by atoms with Crippen molar-refractivity contribution in [1.82, 2.24) is 5.32 Å². The van der Waals surface area contributed by atoms with Gasteiger partial charge in [-0.3, -0.25) is 4.79 Å². The van der Waals surface area contributed by atoms with Crippen molar-refractivity contribution in [3.05, 3.63) is 12.2 Å². The zero-order valence-corrected chi connectivity index (χ0v) is 11.7. The van der Waals surface area contributed by atoms with Crippen LogP contribution in [0.4, 0.5) is 0 Å². The molecule has 1 amide bonds. The summed E-state index contributed by atoms with van der Waals surface area (Å²) in [5, 5.41) is 3.39. The summed E-state index contributed by atoms with van der Waals surface area (Å²) in [5.74, 6) is 3.43. The van der Waals surface area contributed by atoms with Gasteiger partial charge >= 0.3 is 0 Å². The monoisotopic (exact) mass is 247 g/mol. The van der Waals surface area contributed by atoms with Gasteiger partial charge in [0.25, 0.3) is 0 Å². The number of carbonyl (C=O) groups excluding carboxylic acids is 1. The predicted octanol–water partition coefficient (Wildman–Crippen LogP) is 3.28. The highest BCUT2D eigenvalue weighted by Gasteiger charge is 2.56. The Morgan fingerprint density at radius 1 is 1.17 bits per heavy atom. The minimum atomic E-state index is 0.0734. The van der Waals surface area contributed by atoms with Crippen LogP contribution < -0.4 is 5.32 Å². The molecular weight excluding hydrogens is 222 g/mol. The fourth-order valence-electron chi connectivity index (χ4n) is 5.21. The van der Waals surface area contributed by atoms with Gasteiger partial charge < -0.3 is 5.32 Å². The first-order valence-electron chi connectivity index (χ1n) is 7.53. The third-order valence-corrected chi connectivity index (χ3v) is 5.91. The lowest BCUT2D eigenvalue weighted by Crippen LogP contribution is -2.65. The molecule has 4 aliphatic carbocycles. The average Bonchev–Trinajstić information content (AvgIpc) is 2.32. The lowest BCUT2D eigenvalue weighted by atomic mass is 9.48. The molecule has 18 heavy (non-hydrogen) atoms. The van der Waals surface area contributed by atoms with Crippen molar-refractivity contribution < 1.29 is 4.79 Å². The van der Waals surface area contributed by atoms with E-state index in [2.05, 4.69) is 18.8 Å². The standard InChI is InChI=1S/C16H25NO/c1-4-16(17-15(18)10(2)3)13-6-11-5-12(8-13)9-14(16)7-11/h11-14H,2,4-9H2,1,3H3,(H,17,18). The summed E-state index contributed by atoms with van der Waals surface area (Å²) >= 11 is 0. The van der Waals surface area contributed by atoms with Gasteiger partial charge in [-0.15, -0.1) is 0 Å². The molecule has 2 nitrogen and oxygen atoms in total. The molecular formula is C16H25NO. The number of hydrogen-bond acceptors (Lipinski definition) is 1. The zero-order chi connectivity index (χ0) is 12.9. The Kier molecular flexibility index (Phi) is 2.80. The summed E-state index contributed by atoms with van der Waals surface area (Å²) < 4.78 is 0. The lowest BCUT2D eigenvalue weighted by Gasteiger charge is -2.61. The van der Waals surface area contributed by atoms with Gasteiger partial charge in [0.2, 0.25) is 5.91 Å². The molecule has 0 unspecified atom stereocenters. The maximum Gasteiger partial charge on any atom is 0.246 e. The Morgan fingerprint density at radius 3 is 2.06 bits per heavy atom. The topological polar surface area (TPSA) is 29.1 Å². The highest BCUT2D eigenvalue weighted by molar-refractivity contribution is 5.92. The van der Waals surface area contributed by atoms with Crippen LogP contribution in [0, 0.1) is 23.7 Å². The molecule has 1 N–H and O–H groups in total. The van der Waals surface area contributed by atoms with Crippen molar-refractivity contribution >= 4 is 5.91 Å². The summed E-state index contributed by atoms with van der Waals surface area (Å²) in [6.07, 6.45) is 7.92.